The largest absolute Gasteiger partial charge is 0.481 e. The van der Waals surface area contributed by atoms with Gasteiger partial charge in [0.2, 0.25) is 0 Å². The number of rotatable bonds is 11. The Hall–Kier alpha value is -2.39. The van der Waals surface area contributed by atoms with Gasteiger partial charge in [0.1, 0.15) is 0 Å². The normalized spacial score (nSPS) is 16.1. The third kappa shape index (κ3) is 7.30. The van der Waals surface area contributed by atoms with Gasteiger partial charge in [0, 0.05) is 65.2 Å². The molecule has 2 aromatic rings. The van der Waals surface area contributed by atoms with Crippen LogP contribution in [0.3, 0.4) is 0 Å². The van der Waals surface area contributed by atoms with Gasteiger partial charge >= 0.3 is 5.97 Å². The molecule has 0 bridgehead atoms. The van der Waals surface area contributed by atoms with Crippen molar-refractivity contribution >= 4 is 34.3 Å². The number of halogens is 3. The van der Waals surface area contributed by atoms with Crippen LogP contribution in [0.1, 0.15) is 80.8 Å². The summed E-state index contributed by atoms with van der Waals surface area (Å²) in [6, 6.07) is 5.41. The summed E-state index contributed by atoms with van der Waals surface area (Å²) >= 11 is 6.16. The number of carbonyl (C=O) groups is 2. The summed E-state index contributed by atoms with van der Waals surface area (Å²) < 4.78 is 25.6. The fourth-order valence-corrected chi connectivity index (χ4v) is 4.54. The third-order valence-corrected chi connectivity index (χ3v) is 6.28. The van der Waals surface area contributed by atoms with E-state index in [0.29, 0.717) is 17.0 Å². The number of aromatic amines is 1. The van der Waals surface area contributed by atoms with E-state index in [-0.39, 0.29) is 43.3 Å². The maximum Gasteiger partial charge on any atom is 0.303 e. The first-order valence-electron chi connectivity index (χ1n) is 11.6. The summed E-state index contributed by atoms with van der Waals surface area (Å²) in [5.41, 5.74) is 2.33. The molecule has 0 unspecified atom stereocenters. The first kappa shape index (κ1) is 25.2. The molecule has 1 aromatic heterocycles. The Morgan fingerprint density at radius 3 is 2.64 bits per heavy atom. The summed E-state index contributed by atoms with van der Waals surface area (Å²) in [7, 11) is 0. The van der Waals surface area contributed by atoms with E-state index in [1.54, 1.807) is 19.1 Å². The number of hydrogen-bond acceptors (Lipinski definition) is 2. The number of nitrogens with one attached hydrogen (secondary N) is 1. The highest BCUT2D eigenvalue weighted by Gasteiger charge is 2.44. The Morgan fingerprint density at radius 1 is 1.21 bits per heavy atom. The molecule has 4 nitrogen and oxygen atoms in total. The number of aryl methyl sites for hydroxylation is 1. The second-order valence-electron chi connectivity index (χ2n) is 9.20. The van der Waals surface area contributed by atoms with Gasteiger partial charge in [-0.25, -0.2) is 8.78 Å². The Morgan fingerprint density at radius 2 is 1.94 bits per heavy atom. The highest BCUT2D eigenvalue weighted by Crippen LogP contribution is 2.41. The van der Waals surface area contributed by atoms with Crippen LogP contribution in [-0.4, -0.2) is 27.8 Å². The zero-order valence-corrected chi connectivity index (χ0v) is 19.6. The Labute approximate surface area is 198 Å². The van der Waals surface area contributed by atoms with Gasteiger partial charge in [-0.2, -0.15) is 0 Å². The van der Waals surface area contributed by atoms with Gasteiger partial charge in [-0.1, -0.05) is 37.3 Å². The van der Waals surface area contributed by atoms with Crippen molar-refractivity contribution in [3.63, 3.8) is 0 Å². The van der Waals surface area contributed by atoms with Gasteiger partial charge in [0.25, 0.3) is 5.92 Å². The molecule has 1 heterocycles. The zero-order chi connectivity index (χ0) is 24.0. The van der Waals surface area contributed by atoms with E-state index < -0.39 is 11.9 Å². The number of aliphatic carboxylic acids is 1. The summed E-state index contributed by atoms with van der Waals surface area (Å²) in [4.78, 5) is 27.4. The quantitative estimate of drug-likeness (QED) is 0.207. The second kappa shape index (κ2) is 11.2. The molecule has 0 saturated heterocycles. The van der Waals surface area contributed by atoms with Crippen molar-refractivity contribution in [3.8, 4) is 11.8 Å². The van der Waals surface area contributed by atoms with Crippen LogP contribution in [-0.2, 0) is 11.2 Å². The molecule has 1 aliphatic carbocycles. The molecule has 1 aromatic carbocycles. The van der Waals surface area contributed by atoms with Crippen molar-refractivity contribution in [2.45, 2.75) is 77.1 Å². The molecule has 7 heteroatoms. The van der Waals surface area contributed by atoms with Crippen molar-refractivity contribution in [2.24, 2.45) is 11.8 Å². The highest BCUT2D eigenvalue weighted by atomic mass is 35.5. The molecule has 1 fully saturated rings. The molecular formula is C26H30ClF2NO3. The first-order valence-corrected chi connectivity index (χ1v) is 11.9. The average Bonchev–Trinajstić information content (AvgIpc) is 3.05. The minimum absolute atomic E-state index is 0.0454. The number of ketones is 1. The number of carbonyl (C=O) groups excluding carboxylic acids is 1. The molecule has 33 heavy (non-hydrogen) atoms. The zero-order valence-electron chi connectivity index (χ0n) is 18.9. The van der Waals surface area contributed by atoms with Crippen LogP contribution >= 0.6 is 11.6 Å². The lowest BCUT2D eigenvalue weighted by atomic mass is 9.82. The van der Waals surface area contributed by atoms with Gasteiger partial charge in [-0.15, -0.1) is 5.92 Å². The van der Waals surface area contributed by atoms with E-state index in [1.165, 1.54) is 0 Å². The van der Waals surface area contributed by atoms with E-state index in [1.807, 2.05) is 6.07 Å². The van der Waals surface area contributed by atoms with E-state index in [9.17, 15) is 18.4 Å². The van der Waals surface area contributed by atoms with E-state index in [4.69, 9.17) is 16.7 Å². The van der Waals surface area contributed by atoms with Gasteiger partial charge in [-0.05, 0) is 43.4 Å². The van der Waals surface area contributed by atoms with Gasteiger partial charge in [-0.3, -0.25) is 9.59 Å². The summed E-state index contributed by atoms with van der Waals surface area (Å²) in [6.07, 6.45) is 5.13. The van der Waals surface area contributed by atoms with Crippen molar-refractivity contribution in [1.29, 1.82) is 0 Å². The minimum atomic E-state index is -2.51. The molecule has 1 aliphatic rings. The van der Waals surface area contributed by atoms with E-state index in [2.05, 4.69) is 16.8 Å². The van der Waals surface area contributed by atoms with Crippen LogP contribution in [0, 0.1) is 23.7 Å². The fraction of sp³-hybridized carbons (Fsp3) is 0.538. The third-order valence-electron chi connectivity index (χ3n) is 6.05. The number of carboxylic acid groups (broad SMARTS) is 1. The fourth-order valence-electron chi connectivity index (χ4n) is 4.36. The Bertz CT molecular complexity index is 1060. The van der Waals surface area contributed by atoms with Crippen molar-refractivity contribution < 1.29 is 23.5 Å². The maximum absolute atomic E-state index is 13.1. The van der Waals surface area contributed by atoms with Crippen molar-refractivity contribution in [2.75, 3.05) is 0 Å². The first-order chi connectivity index (χ1) is 15.6. The smallest absolute Gasteiger partial charge is 0.303 e. The number of carboxylic acids is 1. The number of benzene rings is 1. The molecule has 1 atom stereocenters. The molecule has 0 radical (unpaired) electrons. The van der Waals surface area contributed by atoms with Crippen LogP contribution in [0.15, 0.2) is 18.2 Å². The molecule has 2 N–H and O–H groups in total. The molecule has 178 valence electrons. The Kier molecular flexibility index (Phi) is 8.53. The van der Waals surface area contributed by atoms with Crippen LogP contribution in [0.5, 0.6) is 0 Å². The predicted octanol–water partition coefficient (Wildman–Crippen LogP) is 7.05. The minimum Gasteiger partial charge on any atom is -0.481 e. The SMILES string of the molecule is C[C@H](CC(=O)O)CC(=O)c1c(CCCCCCC#CC2CC(F)(F)C2)[nH]c2ccc(Cl)cc12. The molecule has 3 rings (SSSR count). The predicted molar refractivity (Wildman–Crippen MR) is 126 cm³/mol. The molecule has 0 amide bonds. The summed E-state index contributed by atoms with van der Waals surface area (Å²) in [5.74, 6) is 2.08. The highest BCUT2D eigenvalue weighted by molar-refractivity contribution is 6.31. The molecule has 0 aliphatic heterocycles. The molecular weight excluding hydrogens is 448 g/mol. The average molecular weight is 478 g/mol. The number of fused-ring (bicyclic) bond motifs is 1. The van der Waals surface area contributed by atoms with Crippen molar-refractivity contribution in [1.82, 2.24) is 4.98 Å². The molecule has 1 saturated carbocycles. The number of Topliss-reactive ketones (excluding diaryl/α,β-unsaturated/α-hetero) is 1. The molecule has 0 spiro atoms. The van der Waals surface area contributed by atoms with E-state index >= 15 is 0 Å². The van der Waals surface area contributed by atoms with Crippen LogP contribution < -0.4 is 0 Å². The Balaban J connectivity index is 1.53. The number of aromatic nitrogens is 1. The summed E-state index contributed by atoms with van der Waals surface area (Å²) in [5, 5.41) is 10.3. The van der Waals surface area contributed by atoms with Gasteiger partial charge in [0.05, 0.1) is 0 Å². The van der Waals surface area contributed by atoms with Crippen molar-refractivity contribution in [3.05, 3.63) is 34.5 Å². The topological polar surface area (TPSA) is 70.2 Å². The van der Waals surface area contributed by atoms with Gasteiger partial charge < -0.3 is 10.1 Å². The van der Waals surface area contributed by atoms with Crippen LogP contribution in [0.4, 0.5) is 8.78 Å². The number of alkyl halides is 2. The lowest BCUT2D eigenvalue weighted by Gasteiger charge is -2.31. The lowest BCUT2D eigenvalue weighted by molar-refractivity contribution is -0.137. The van der Waals surface area contributed by atoms with Crippen LogP contribution in [0.25, 0.3) is 10.9 Å². The monoisotopic (exact) mass is 477 g/mol. The number of hydrogen-bond donors (Lipinski definition) is 2. The number of H-pyrrole nitrogens is 1. The standard InChI is InChI=1S/C26H30ClF2NO3/c1-17(13-24(32)33)12-23(31)25-20-14-19(27)10-11-21(20)30-22(25)9-7-5-3-2-4-6-8-18-15-26(28,29)16-18/h10-11,14,17-18,30H,2-5,7,9,12-13,15-16H2,1H3,(H,32,33)/t17-/m0/s1. The maximum atomic E-state index is 13.1. The second-order valence-corrected chi connectivity index (χ2v) is 9.63. The number of unbranched alkanes of at least 4 members (excludes halogenated alkanes) is 4. The van der Waals surface area contributed by atoms with E-state index in [0.717, 1.165) is 48.7 Å². The van der Waals surface area contributed by atoms with Crippen LogP contribution in [0.2, 0.25) is 5.02 Å². The lowest BCUT2D eigenvalue weighted by Crippen LogP contribution is -2.34. The van der Waals surface area contributed by atoms with Gasteiger partial charge in [0.15, 0.2) is 5.78 Å². The summed E-state index contributed by atoms with van der Waals surface area (Å²) in [6.45, 7) is 1.77.